The molecule has 4 aromatic rings. The standard InChI is InChI=1S/C24H23O2Si/c1-3-25-27(26-4-2)24-15-8-7-13-22(24)21-14-9-12-20-16-18-10-5-6-11-19(18)17-23(20)21/h5-17H,3-4H2,1-2H3. The van der Waals surface area contributed by atoms with Gasteiger partial charge in [-0.15, -0.1) is 0 Å². The molecule has 135 valence electrons. The van der Waals surface area contributed by atoms with Gasteiger partial charge in [0.1, 0.15) is 0 Å². The van der Waals surface area contributed by atoms with Crippen LogP contribution in [0.5, 0.6) is 0 Å². The summed E-state index contributed by atoms with van der Waals surface area (Å²) in [5.41, 5.74) is 2.44. The maximum Gasteiger partial charge on any atom is 0.424 e. The van der Waals surface area contributed by atoms with Crippen molar-refractivity contribution in [2.45, 2.75) is 13.8 Å². The van der Waals surface area contributed by atoms with Gasteiger partial charge in [-0.1, -0.05) is 66.7 Å². The summed E-state index contributed by atoms with van der Waals surface area (Å²) in [7, 11) is -1.51. The van der Waals surface area contributed by atoms with Crippen LogP contribution in [-0.2, 0) is 8.85 Å². The van der Waals surface area contributed by atoms with E-state index in [1.54, 1.807) is 0 Å². The van der Waals surface area contributed by atoms with Crippen LogP contribution in [-0.4, -0.2) is 22.5 Å². The number of benzene rings is 4. The first kappa shape index (κ1) is 17.9. The average molecular weight is 372 g/mol. The van der Waals surface area contributed by atoms with Crippen molar-refractivity contribution < 1.29 is 8.85 Å². The Kier molecular flexibility index (Phi) is 5.34. The van der Waals surface area contributed by atoms with Crippen LogP contribution in [0.3, 0.4) is 0 Å². The molecule has 0 aromatic heterocycles. The summed E-state index contributed by atoms with van der Waals surface area (Å²) in [5, 5.41) is 6.21. The molecule has 0 fully saturated rings. The maximum atomic E-state index is 5.99. The first-order chi connectivity index (χ1) is 13.3. The van der Waals surface area contributed by atoms with E-state index in [9.17, 15) is 0 Å². The fourth-order valence-corrected chi connectivity index (χ4v) is 5.15. The maximum absolute atomic E-state index is 5.99. The number of rotatable bonds is 6. The van der Waals surface area contributed by atoms with Crippen molar-refractivity contribution in [2.75, 3.05) is 13.2 Å². The van der Waals surface area contributed by atoms with Gasteiger partial charge in [-0.3, -0.25) is 0 Å². The fourth-order valence-electron chi connectivity index (χ4n) is 3.56. The monoisotopic (exact) mass is 371 g/mol. The van der Waals surface area contributed by atoms with Gasteiger partial charge in [0.15, 0.2) is 0 Å². The van der Waals surface area contributed by atoms with Crippen LogP contribution in [0.25, 0.3) is 32.7 Å². The third-order valence-corrected chi connectivity index (χ3v) is 6.71. The van der Waals surface area contributed by atoms with Gasteiger partial charge in [0.25, 0.3) is 0 Å². The molecule has 2 nitrogen and oxygen atoms in total. The third kappa shape index (κ3) is 3.54. The molecule has 0 aliphatic heterocycles. The second-order valence-electron chi connectivity index (χ2n) is 6.43. The second-order valence-corrected chi connectivity index (χ2v) is 8.12. The highest BCUT2D eigenvalue weighted by Crippen LogP contribution is 2.31. The Morgan fingerprint density at radius 2 is 1.22 bits per heavy atom. The minimum atomic E-state index is -1.51. The summed E-state index contributed by atoms with van der Waals surface area (Å²) >= 11 is 0. The molecule has 4 rings (SSSR count). The molecule has 0 amide bonds. The normalized spacial score (nSPS) is 11.5. The first-order valence-corrected chi connectivity index (χ1v) is 10.8. The van der Waals surface area contributed by atoms with Gasteiger partial charge in [-0.2, -0.15) is 0 Å². The minimum Gasteiger partial charge on any atom is -0.390 e. The molecule has 27 heavy (non-hydrogen) atoms. The van der Waals surface area contributed by atoms with E-state index in [-0.39, 0.29) is 0 Å². The van der Waals surface area contributed by atoms with Gasteiger partial charge in [0, 0.05) is 18.4 Å². The van der Waals surface area contributed by atoms with Gasteiger partial charge < -0.3 is 8.85 Å². The van der Waals surface area contributed by atoms with Crippen molar-refractivity contribution in [3.8, 4) is 11.1 Å². The van der Waals surface area contributed by atoms with Crippen LogP contribution in [0, 0.1) is 0 Å². The number of hydrogen-bond donors (Lipinski definition) is 0. The predicted molar refractivity (Wildman–Crippen MR) is 116 cm³/mol. The molecule has 3 heteroatoms. The summed E-state index contributed by atoms with van der Waals surface area (Å²) < 4.78 is 12.0. The third-order valence-electron chi connectivity index (χ3n) is 4.73. The fraction of sp³-hybridized carbons (Fsp3) is 0.167. The highest BCUT2D eigenvalue weighted by atomic mass is 28.3. The summed E-state index contributed by atoms with van der Waals surface area (Å²) in [6.07, 6.45) is 0. The molecule has 0 saturated carbocycles. The Hall–Kier alpha value is -2.46. The molecule has 0 saturated heterocycles. The van der Waals surface area contributed by atoms with Gasteiger partial charge in [0.2, 0.25) is 0 Å². The molecule has 0 bridgehead atoms. The molecule has 0 spiro atoms. The van der Waals surface area contributed by atoms with Crippen LogP contribution in [0.4, 0.5) is 0 Å². The Labute approximate surface area is 162 Å². The average Bonchev–Trinajstić information content (AvgIpc) is 2.72. The molecule has 0 atom stereocenters. The van der Waals surface area contributed by atoms with E-state index in [0.717, 1.165) is 0 Å². The van der Waals surface area contributed by atoms with Gasteiger partial charge >= 0.3 is 9.28 Å². The number of hydrogen-bond acceptors (Lipinski definition) is 2. The van der Waals surface area contributed by atoms with E-state index in [1.165, 1.54) is 37.9 Å². The van der Waals surface area contributed by atoms with Crippen LogP contribution < -0.4 is 5.19 Å². The Morgan fingerprint density at radius 1 is 0.630 bits per heavy atom. The zero-order valence-electron chi connectivity index (χ0n) is 15.7. The van der Waals surface area contributed by atoms with E-state index in [2.05, 4.69) is 78.9 Å². The van der Waals surface area contributed by atoms with Crippen LogP contribution >= 0.6 is 0 Å². The molecular weight excluding hydrogens is 348 g/mol. The Bertz CT molecular complexity index is 1070. The molecule has 0 N–H and O–H groups in total. The molecular formula is C24H23O2Si. The van der Waals surface area contributed by atoms with E-state index < -0.39 is 9.28 Å². The number of fused-ring (bicyclic) bond motifs is 2. The molecule has 4 aromatic carbocycles. The molecule has 1 radical (unpaired) electrons. The summed E-state index contributed by atoms with van der Waals surface area (Å²) in [6, 6.07) is 28.1. The lowest BCUT2D eigenvalue weighted by Gasteiger charge is -2.18. The lowest BCUT2D eigenvalue weighted by Crippen LogP contribution is -2.38. The van der Waals surface area contributed by atoms with Crippen LogP contribution in [0.1, 0.15) is 13.8 Å². The van der Waals surface area contributed by atoms with E-state index in [1.807, 2.05) is 13.8 Å². The predicted octanol–water partition coefficient (Wildman–Crippen LogP) is 5.43. The highest BCUT2D eigenvalue weighted by molar-refractivity contribution is 6.63. The molecule has 0 unspecified atom stereocenters. The van der Waals surface area contributed by atoms with Crippen molar-refractivity contribution in [3.05, 3.63) is 78.9 Å². The summed E-state index contributed by atoms with van der Waals surface area (Å²) in [6.45, 7) is 5.36. The van der Waals surface area contributed by atoms with Crippen molar-refractivity contribution in [1.29, 1.82) is 0 Å². The van der Waals surface area contributed by atoms with Gasteiger partial charge in [-0.25, -0.2) is 0 Å². The van der Waals surface area contributed by atoms with Crippen molar-refractivity contribution in [1.82, 2.24) is 0 Å². The first-order valence-electron chi connectivity index (χ1n) is 9.45. The van der Waals surface area contributed by atoms with Crippen molar-refractivity contribution in [3.63, 3.8) is 0 Å². The SMILES string of the molecule is CCO[Si](OCC)c1ccccc1-c1cccc2cc3ccccc3cc12. The summed E-state index contributed by atoms with van der Waals surface area (Å²) in [5.74, 6) is 0. The van der Waals surface area contributed by atoms with E-state index in [0.29, 0.717) is 13.2 Å². The topological polar surface area (TPSA) is 18.5 Å². The lowest BCUT2D eigenvalue weighted by molar-refractivity contribution is 0.225. The van der Waals surface area contributed by atoms with Crippen LogP contribution in [0.2, 0.25) is 0 Å². The molecule has 0 aliphatic carbocycles. The molecule has 0 aliphatic rings. The van der Waals surface area contributed by atoms with E-state index >= 15 is 0 Å². The Balaban J connectivity index is 1.93. The molecule has 0 heterocycles. The second kappa shape index (κ2) is 8.05. The van der Waals surface area contributed by atoms with Crippen molar-refractivity contribution >= 4 is 36.0 Å². The lowest BCUT2D eigenvalue weighted by atomic mass is 9.95. The zero-order chi connectivity index (χ0) is 18.6. The quantitative estimate of drug-likeness (QED) is 0.332. The van der Waals surface area contributed by atoms with Gasteiger partial charge in [-0.05, 0) is 58.7 Å². The largest absolute Gasteiger partial charge is 0.424 e. The van der Waals surface area contributed by atoms with Gasteiger partial charge in [0.05, 0.1) is 0 Å². The summed E-state index contributed by atoms with van der Waals surface area (Å²) in [4.78, 5) is 0. The zero-order valence-corrected chi connectivity index (χ0v) is 16.7. The van der Waals surface area contributed by atoms with Crippen LogP contribution in [0.15, 0.2) is 78.9 Å². The highest BCUT2D eigenvalue weighted by Gasteiger charge is 2.22. The Morgan fingerprint density at radius 3 is 1.96 bits per heavy atom. The van der Waals surface area contributed by atoms with E-state index in [4.69, 9.17) is 8.85 Å². The smallest absolute Gasteiger partial charge is 0.390 e. The minimum absolute atomic E-state index is 0.656. The van der Waals surface area contributed by atoms with Crippen molar-refractivity contribution in [2.24, 2.45) is 0 Å².